The molecule has 0 atom stereocenters. The first kappa shape index (κ1) is 13.6. The van der Waals surface area contributed by atoms with Gasteiger partial charge in [0.05, 0.1) is 0 Å². The Hall–Kier alpha value is -0.860. The van der Waals surface area contributed by atoms with Gasteiger partial charge in [0.2, 0.25) is 0 Å². The summed E-state index contributed by atoms with van der Waals surface area (Å²) in [6.45, 7) is 9.19. The van der Waals surface area contributed by atoms with E-state index in [1.165, 1.54) is 37.2 Å². The van der Waals surface area contributed by atoms with Crippen LogP contribution in [0.25, 0.3) is 0 Å². The van der Waals surface area contributed by atoms with Crippen LogP contribution in [0.5, 0.6) is 0 Å². The number of hydrogen-bond acceptors (Lipinski definition) is 2. The van der Waals surface area contributed by atoms with E-state index in [4.69, 9.17) is 0 Å². The number of rotatable bonds is 7. The van der Waals surface area contributed by atoms with E-state index in [0.29, 0.717) is 0 Å². The summed E-state index contributed by atoms with van der Waals surface area (Å²) in [6, 6.07) is 9.13. The van der Waals surface area contributed by atoms with Crippen molar-refractivity contribution in [2.24, 2.45) is 11.8 Å². The van der Waals surface area contributed by atoms with E-state index in [1.807, 2.05) is 0 Å². The van der Waals surface area contributed by atoms with Crippen molar-refractivity contribution in [1.29, 1.82) is 0 Å². The van der Waals surface area contributed by atoms with Gasteiger partial charge in [-0.25, -0.2) is 0 Å². The summed E-state index contributed by atoms with van der Waals surface area (Å²) in [5.41, 5.74) is 2.91. The van der Waals surface area contributed by atoms with E-state index < -0.39 is 0 Å². The molecule has 1 aromatic carbocycles. The summed E-state index contributed by atoms with van der Waals surface area (Å²) in [5, 5.41) is 6.84. The maximum atomic E-state index is 3.54. The van der Waals surface area contributed by atoms with Gasteiger partial charge in [-0.15, -0.1) is 0 Å². The van der Waals surface area contributed by atoms with Gasteiger partial charge >= 0.3 is 0 Å². The number of benzene rings is 1. The Morgan fingerprint density at radius 1 is 1.17 bits per heavy atom. The lowest BCUT2D eigenvalue weighted by Gasteiger charge is -2.27. The third kappa shape index (κ3) is 4.43. The summed E-state index contributed by atoms with van der Waals surface area (Å²) in [6.07, 6.45) is 2.33. The zero-order chi connectivity index (χ0) is 12.8. The van der Waals surface area contributed by atoms with E-state index in [1.54, 1.807) is 0 Å². The van der Waals surface area contributed by atoms with E-state index in [0.717, 1.165) is 24.8 Å². The number of nitrogens with one attached hydrogen (secondary N) is 2. The highest BCUT2D eigenvalue weighted by Crippen LogP contribution is 2.10. The second-order valence-corrected chi connectivity index (χ2v) is 5.89. The van der Waals surface area contributed by atoms with E-state index in [9.17, 15) is 0 Å². The number of hydrogen-bond donors (Lipinski definition) is 2. The lowest BCUT2D eigenvalue weighted by Crippen LogP contribution is -2.47. The zero-order valence-electron chi connectivity index (χ0n) is 11.7. The molecule has 1 heterocycles. The molecule has 2 nitrogen and oxygen atoms in total. The molecule has 0 saturated carbocycles. The topological polar surface area (TPSA) is 24.1 Å². The Kier molecular flexibility index (Phi) is 5.21. The van der Waals surface area contributed by atoms with Gasteiger partial charge in [-0.3, -0.25) is 0 Å². The van der Waals surface area contributed by atoms with Gasteiger partial charge in [0, 0.05) is 19.6 Å². The predicted molar refractivity (Wildman–Crippen MR) is 77.9 cm³/mol. The molecule has 1 saturated heterocycles. The Labute approximate surface area is 111 Å². The van der Waals surface area contributed by atoms with Crippen molar-refractivity contribution in [3.8, 4) is 0 Å². The molecule has 2 heteroatoms. The highest BCUT2D eigenvalue weighted by Gasteiger charge is 2.15. The maximum Gasteiger partial charge on any atom is 0.000394 e. The van der Waals surface area contributed by atoms with Crippen LogP contribution in [-0.4, -0.2) is 26.2 Å². The van der Waals surface area contributed by atoms with Crippen molar-refractivity contribution in [3.63, 3.8) is 0 Å². The Morgan fingerprint density at radius 3 is 2.39 bits per heavy atom. The Morgan fingerprint density at radius 2 is 1.83 bits per heavy atom. The lowest BCUT2D eigenvalue weighted by molar-refractivity contribution is 0.333. The van der Waals surface area contributed by atoms with Gasteiger partial charge in [-0.2, -0.15) is 0 Å². The van der Waals surface area contributed by atoms with Crippen LogP contribution in [0.15, 0.2) is 24.3 Å². The van der Waals surface area contributed by atoms with Crippen LogP contribution >= 0.6 is 0 Å². The van der Waals surface area contributed by atoms with Crippen molar-refractivity contribution >= 4 is 0 Å². The van der Waals surface area contributed by atoms with Crippen molar-refractivity contribution in [2.75, 3.05) is 26.2 Å². The molecule has 1 aliphatic rings. The standard InChI is InChI=1S/C16H26N2/c1-13(2)9-15-5-3-14(4-6-15)7-8-17-10-16-11-18-12-16/h3-6,13,16-18H,7-12H2,1-2H3. The fourth-order valence-corrected chi connectivity index (χ4v) is 2.35. The molecule has 0 unspecified atom stereocenters. The van der Waals surface area contributed by atoms with Gasteiger partial charge < -0.3 is 10.6 Å². The summed E-state index contributed by atoms with van der Waals surface area (Å²) in [5.74, 6) is 1.60. The fraction of sp³-hybridized carbons (Fsp3) is 0.625. The summed E-state index contributed by atoms with van der Waals surface area (Å²) in [7, 11) is 0. The molecular formula is C16H26N2. The highest BCUT2D eigenvalue weighted by atomic mass is 15.0. The normalized spacial score (nSPS) is 15.9. The molecule has 0 radical (unpaired) electrons. The molecular weight excluding hydrogens is 220 g/mol. The minimum Gasteiger partial charge on any atom is -0.316 e. The van der Waals surface area contributed by atoms with Gasteiger partial charge in [-0.05, 0) is 42.3 Å². The van der Waals surface area contributed by atoms with Crippen LogP contribution in [0, 0.1) is 11.8 Å². The Bertz CT molecular complexity index is 339. The first-order valence-corrected chi connectivity index (χ1v) is 7.23. The summed E-state index contributed by atoms with van der Waals surface area (Å²) < 4.78 is 0. The summed E-state index contributed by atoms with van der Waals surface area (Å²) >= 11 is 0. The van der Waals surface area contributed by atoms with Gasteiger partial charge in [0.1, 0.15) is 0 Å². The minimum atomic E-state index is 0.744. The van der Waals surface area contributed by atoms with Crippen LogP contribution in [0.2, 0.25) is 0 Å². The quantitative estimate of drug-likeness (QED) is 0.721. The van der Waals surface area contributed by atoms with Gasteiger partial charge in [0.25, 0.3) is 0 Å². The Balaban J connectivity index is 1.65. The molecule has 1 aliphatic heterocycles. The third-order valence-electron chi connectivity index (χ3n) is 3.56. The monoisotopic (exact) mass is 246 g/mol. The van der Waals surface area contributed by atoms with Gasteiger partial charge in [-0.1, -0.05) is 38.1 Å². The van der Waals surface area contributed by atoms with Crippen molar-refractivity contribution in [3.05, 3.63) is 35.4 Å². The smallest absolute Gasteiger partial charge is 0.000394 e. The van der Waals surface area contributed by atoms with Gasteiger partial charge in [0.15, 0.2) is 0 Å². The molecule has 100 valence electrons. The molecule has 1 fully saturated rings. The van der Waals surface area contributed by atoms with E-state index >= 15 is 0 Å². The van der Waals surface area contributed by atoms with Crippen LogP contribution in [0.1, 0.15) is 25.0 Å². The second-order valence-electron chi connectivity index (χ2n) is 5.89. The van der Waals surface area contributed by atoms with Crippen molar-refractivity contribution in [1.82, 2.24) is 10.6 Å². The SMILES string of the molecule is CC(C)Cc1ccc(CCNCC2CNC2)cc1. The molecule has 0 aromatic heterocycles. The van der Waals surface area contributed by atoms with Crippen LogP contribution in [0.3, 0.4) is 0 Å². The average Bonchev–Trinajstić information content (AvgIpc) is 2.28. The molecule has 1 aromatic rings. The first-order valence-electron chi connectivity index (χ1n) is 7.23. The molecule has 18 heavy (non-hydrogen) atoms. The molecule has 0 spiro atoms. The molecule has 0 bridgehead atoms. The van der Waals surface area contributed by atoms with E-state index in [2.05, 4.69) is 48.7 Å². The second kappa shape index (κ2) is 6.91. The molecule has 0 amide bonds. The highest BCUT2D eigenvalue weighted by molar-refractivity contribution is 5.23. The van der Waals surface area contributed by atoms with Crippen LogP contribution in [-0.2, 0) is 12.8 Å². The average molecular weight is 246 g/mol. The molecule has 0 aliphatic carbocycles. The van der Waals surface area contributed by atoms with E-state index in [-0.39, 0.29) is 0 Å². The van der Waals surface area contributed by atoms with Crippen LogP contribution in [0.4, 0.5) is 0 Å². The largest absolute Gasteiger partial charge is 0.316 e. The van der Waals surface area contributed by atoms with Crippen molar-refractivity contribution < 1.29 is 0 Å². The van der Waals surface area contributed by atoms with Crippen LogP contribution < -0.4 is 10.6 Å². The maximum absolute atomic E-state index is 3.54. The van der Waals surface area contributed by atoms with Crippen molar-refractivity contribution in [2.45, 2.75) is 26.7 Å². The third-order valence-corrected chi connectivity index (χ3v) is 3.56. The first-order chi connectivity index (χ1) is 8.74. The fourth-order valence-electron chi connectivity index (χ4n) is 2.35. The zero-order valence-corrected chi connectivity index (χ0v) is 11.7. The minimum absolute atomic E-state index is 0.744. The lowest BCUT2D eigenvalue weighted by atomic mass is 10.0. The molecule has 2 rings (SSSR count). The summed E-state index contributed by atoms with van der Waals surface area (Å²) in [4.78, 5) is 0. The molecule has 2 N–H and O–H groups in total. The predicted octanol–water partition coefficient (Wildman–Crippen LogP) is 2.24.